The summed E-state index contributed by atoms with van der Waals surface area (Å²) in [5.74, 6) is -1.90. The minimum atomic E-state index is -0.907. The number of carbonyl (C=O) groups excluding carboxylic acids is 1. The number of aliphatic carboxylic acids is 1. The van der Waals surface area contributed by atoms with Crippen LogP contribution in [0.2, 0.25) is 0 Å². The van der Waals surface area contributed by atoms with Gasteiger partial charge in [-0.1, -0.05) is 19.1 Å². The number of aryl methyl sites for hydroxylation is 1. The summed E-state index contributed by atoms with van der Waals surface area (Å²) >= 11 is 0. The molecule has 2 rings (SSSR count). The zero-order valence-electron chi connectivity index (χ0n) is 12.3. The van der Waals surface area contributed by atoms with Crippen LogP contribution in [0.5, 0.6) is 0 Å². The number of carboxylic acids is 1. The number of amides is 1. The van der Waals surface area contributed by atoms with Gasteiger partial charge in [-0.3, -0.25) is 9.59 Å². The van der Waals surface area contributed by atoms with Crippen molar-refractivity contribution in [1.29, 1.82) is 0 Å². The molecule has 2 atom stereocenters. The van der Waals surface area contributed by atoms with Crippen molar-refractivity contribution in [3.63, 3.8) is 0 Å². The third-order valence-corrected chi connectivity index (χ3v) is 4.01. The fraction of sp³-hybridized carbons (Fsp3) is 0.500. The van der Waals surface area contributed by atoms with Gasteiger partial charge >= 0.3 is 5.97 Å². The Hall–Kier alpha value is -1.91. The van der Waals surface area contributed by atoms with E-state index in [9.17, 15) is 19.1 Å². The van der Waals surface area contributed by atoms with E-state index in [1.807, 2.05) is 6.92 Å². The molecular formula is C16H20FNO3. The lowest BCUT2D eigenvalue weighted by molar-refractivity contribution is -0.152. The van der Waals surface area contributed by atoms with Crippen molar-refractivity contribution in [1.82, 2.24) is 4.90 Å². The zero-order valence-corrected chi connectivity index (χ0v) is 12.3. The van der Waals surface area contributed by atoms with Gasteiger partial charge in [-0.15, -0.1) is 0 Å². The Balaban J connectivity index is 2.45. The minimum absolute atomic E-state index is 0.0265. The molecule has 0 saturated carbocycles. The van der Waals surface area contributed by atoms with Gasteiger partial charge in [0.1, 0.15) is 5.82 Å². The molecule has 1 aromatic carbocycles. The van der Waals surface area contributed by atoms with Crippen LogP contribution >= 0.6 is 0 Å². The number of hydrogen-bond donors (Lipinski definition) is 1. The third kappa shape index (κ3) is 3.06. The Morgan fingerprint density at radius 2 is 2.19 bits per heavy atom. The maximum atomic E-state index is 13.4. The van der Waals surface area contributed by atoms with E-state index in [0.717, 1.165) is 6.42 Å². The molecule has 0 bridgehead atoms. The highest BCUT2D eigenvalue weighted by Crippen LogP contribution is 2.37. The van der Waals surface area contributed by atoms with Crippen LogP contribution < -0.4 is 0 Å². The smallest absolute Gasteiger partial charge is 0.308 e. The first-order valence-corrected chi connectivity index (χ1v) is 7.24. The highest BCUT2D eigenvalue weighted by molar-refractivity contribution is 5.81. The second kappa shape index (κ2) is 6.24. The molecule has 1 fully saturated rings. The minimum Gasteiger partial charge on any atom is -0.481 e. The lowest BCUT2D eigenvalue weighted by Gasteiger charge is -2.39. The summed E-state index contributed by atoms with van der Waals surface area (Å²) in [6.45, 7) is 4.11. The largest absolute Gasteiger partial charge is 0.481 e. The Kier molecular flexibility index (Phi) is 4.60. The van der Waals surface area contributed by atoms with Gasteiger partial charge in [-0.25, -0.2) is 4.39 Å². The van der Waals surface area contributed by atoms with Gasteiger partial charge in [0.15, 0.2) is 0 Å². The number of hydrogen-bond acceptors (Lipinski definition) is 2. The van der Waals surface area contributed by atoms with Crippen molar-refractivity contribution >= 4 is 11.9 Å². The number of benzene rings is 1. The molecule has 0 aromatic heterocycles. The summed E-state index contributed by atoms with van der Waals surface area (Å²) in [5.41, 5.74) is 1.16. The van der Waals surface area contributed by atoms with Gasteiger partial charge in [-0.05, 0) is 37.0 Å². The second-order valence-corrected chi connectivity index (χ2v) is 5.52. The zero-order chi connectivity index (χ0) is 15.6. The molecule has 5 heteroatoms. The Morgan fingerprint density at radius 1 is 1.48 bits per heavy atom. The molecule has 1 aliphatic heterocycles. The molecule has 1 saturated heterocycles. The lowest BCUT2D eigenvalue weighted by Crippen LogP contribution is -2.45. The first-order valence-electron chi connectivity index (χ1n) is 7.24. The van der Waals surface area contributed by atoms with E-state index in [-0.39, 0.29) is 18.1 Å². The van der Waals surface area contributed by atoms with E-state index in [1.54, 1.807) is 24.0 Å². The average Bonchev–Trinajstić information content (AvgIpc) is 2.44. The van der Waals surface area contributed by atoms with Crippen LogP contribution in [-0.2, 0) is 9.59 Å². The molecule has 2 unspecified atom stereocenters. The molecule has 4 nitrogen and oxygen atoms in total. The molecule has 0 radical (unpaired) electrons. The van der Waals surface area contributed by atoms with E-state index < -0.39 is 17.9 Å². The van der Waals surface area contributed by atoms with E-state index >= 15 is 0 Å². The summed E-state index contributed by atoms with van der Waals surface area (Å²) < 4.78 is 13.4. The van der Waals surface area contributed by atoms with Crippen LogP contribution in [0.25, 0.3) is 0 Å². The van der Waals surface area contributed by atoms with Gasteiger partial charge in [0.25, 0.3) is 0 Å². The lowest BCUT2D eigenvalue weighted by atomic mass is 9.83. The van der Waals surface area contributed by atoms with Crippen molar-refractivity contribution < 1.29 is 19.1 Å². The predicted octanol–water partition coefficient (Wildman–Crippen LogP) is 2.91. The Morgan fingerprint density at radius 3 is 2.76 bits per heavy atom. The first kappa shape index (κ1) is 15.5. The Labute approximate surface area is 123 Å². The third-order valence-electron chi connectivity index (χ3n) is 4.01. The SMILES string of the molecule is CCCN1C(=O)CCC(C(=O)O)C1c1ccc(F)c(C)c1. The number of nitrogens with zero attached hydrogens (tertiary/aromatic N) is 1. The highest BCUT2D eigenvalue weighted by atomic mass is 19.1. The first-order chi connectivity index (χ1) is 9.95. The quantitative estimate of drug-likeness (QED) is 0.928. The maximum absolute atomic E-state index is 13.4. The fourth-order valence-electron chi connectivity index (χ4n) is 2.98. The fourth-order valence-corrected chi connectivity index (χ4v) is 2.98. The number of carbonyl (C=O) groups is 2. The molecule has 1 heterocycles. The van der Waals surface area contributed by atoms with Gasteiger partial charge in [0.2, 0.25) is 5.91 Å². The second-order valence-electron chi connectivity index (χ2n) is 5.52. The van der Waals surface area contributed by atoms with Gasteiger partial charge in [0.05, 0.1) is 12.0 Å². The summed E-state index contributed by atoms with van der Waals surface area (Å²) in [4.78, 5) is 25.3. The van der Waals surface area contributed by atoms with Crippen LogP contribution in [0, 0.1) is 18.7 Å². The van der Waals surface area contributed by atoms with Gasteiger partial charge < -0.3 is 10.0 Å². The van der Waals surface area contributed by atoms with Crippen LogP contribution in [0.4, 0.5) is 4.39 Å². The molecule has 0 aliphatic carbocycles. The Bertz CT molecular complexity index is 558. The van der Waals surface area contributed by atoms with Crippen LogP contribution in [0.15, 0.2) is 18.2 Å². The molecule has 21 heavy (non-hydrogen) atoms. The number of likely N-dealkylation sites (tertiary alicyclic amines) is 1. The summed E-state index contributed by atoms with van der Waals surface area (Å²) in [5, 5.41) is 9.45. The van der Waals surface area contributed by atoms with E-state index in [0.29, 0.717) is 24.1 Å². The monoisotopic (exact) mass is 293 g/mol. The molecule has 1 aliphatic rings. The number of halogens is 1. The van der Waals surface area contributed by atoms with Gasteiger partial charge in [0, 0.05) is 13.0 Å². The van der Waals surface area contributed by atoms with Crippen molar-refractivity contribution in [2.24, 2.45) is 5.92 Å². The van der Waals surface area contributed by atoms with E-state index in [1.165, 1.54) is 6.07 Å². The molecule has 1 amide bonds. The molecule has 0 spiro atoms. The average molecular weight is 293 g/mol. The van der Waals surface area contributed by atoms with Crippen molar-refractivity contribution in [2.45, 2.75) is 39.2 Å². The topological polar surface area (TPSA) is 57.6 Å². The van der Waals surface area contributed by atoms with Crippen LogP contribution in [-0.4, -0.2) is 28.4 Å². The predicted molar refractivity (Wildman–Crippen MR) is 76.2 cm³/mol. The van der Waals surface area contributed by atoms with Crippen molar-refractivity contribution in [3.8, 4) is 0 Å². The van der Waals surface area contributed by atoms with E-state index in [4.69, 9.17) is 0 Å². The number of rotatable bonds is 4. The van der Waals surface area contributed by atoms with E-state index in [2.05, 4.69) is 0 Å². The maximum Gasteiger partial charge on any atom is 0.308 e. The normalized spacial score (nSPS) is 22.4. The molecule has 1 N–H and O–H groups in total. The number of piperidine rings is 1. The summed E-state index contributed by atoms with van der Waals surface area (Å²) in [7, 11) is 0. The van der Waals surface area contributed by atoms with Crippen molar-refractivity contribution in [3.05, 3.63) is 35.1 Å². The van der Waals surface area contributed by atoms with Gasteiger partial charge in [-0.2, -0.15) is 0 Å². The molecular weight excluding hydrogens is 273 g/mol. The summed E-state index contributed by atoms with van der Waals surface area (Å²) in [6, 6.07) is 4.07. The standard InChI is InChI=1S/C16H20FNO3/c1-3-8-18-14(19)7-5-12(16(20)21)15(18)11-4-6-13(17)10(2)9-11/h4,6,9,12,15H,3,5,7-8H2,1-2H3,(H,20,21). The van der Waals surface area contributed by atoms with Crippen molar-refractivity contribution in [2.75, 3.05) is 6.54 Å². The van der Waals surface area contributed by atoms with Crippen LogP contribution in [0.1, 0.15) is 43.4 Å². The van der Waals surface area contributed by atoms with Crippen LogP contribution in [0.3, 0.4) is 0 Å². The molecule has 114 valence electrons. The number of carboxylic acid groups (broad SMARTS) is 1. The highest BCUT2D eigenvalue weighted by Gasteiger charge is 2.40. The molecule has 1 aromatic rings. The summed E-state index contributed by atoms with van der Waals surface area (Å²) in [6.07, 6.45) is 1.35.